The first-order valence-electron chi connectivity index (χ1n) is 13.3. The van der Waals surface area contributed by atoms with Crippen LogP contribution in [0.4, 0.5) is 17.6 Å². The molecule has 4 rings (SSSR count). The molecule has 1 fully saturated rings. The standard InChI is InChI=1S/C32H34F4O/c1-3-4-5-20-37-28-19-18-27(31(35)32(28)36)24-13-8-22(9-14-24)10-15-25-16-17-26(30(34)29(25)33)23-11-6-21(2)7-12-23/h8-10,13-19,21,23H,3-7,11-12,20H2,1-2H3/b15-10+. The third-order valence-electron chi connectivity index (χ3n) is 7.33. The van der Waals surface area contributed by atoms with Crippen LogP contribution in [0.1, 0.15) is 81.4 Å². The van der Waals surface area contributed by atoms with E-state index in [2.05, 4.69) is 13.8 Å². The molecular weight excluding hydrogens is 476 g/mol. The number of ether oxygens (including phenoxy) is 1. The zero-order chi connectivity index (χ0) is 26.4. The van der Waals surface area contributed by atoms with Crippen molar-refractivity contribution in [3.8, 4) is 16.9 Å². The molecule has 1 aliphatic rings. The summed E-state index contributed by atoms with van der Waals surface area (Å²) in [7, 11) is 0. The molecule has 0 spiro atoms. The number of unbranched alkanes of at least 4 members (excludes halogenated alkanes) is 2. The van der Waals surface area contributed by atoms with Gasteiger partial charge in [-0.3, -0.25) is 0 Å². The second kappa shape index (κ2) is 12.4. The number of benzene rings is 3. The van der Waals surface area contributed by atoms with Crippen LogP contribution in [0.5, 0.6) is 5.75 Å². The van der Waals surface area contributed by atoms with Crippen molar-refractivity contribution in [2.45, 2.75) is 64.7 Å². The Morgan fingerprint density at radius 2 is 1.49 bits per heavy atom. The highest BCUT2D eigenvalue weighted by atomic mass is 19.2. The van der Waals surface area contributed by atoms with E-state index in [4.69, 9.17) is 4.74 Å². The number of halogens is 4. The Morgan fingerprint density at radius 3 is 2.19 bits per heavy atom. The molecule has 0 heterocycles. The van der Waals surface area contributed by atoms with Crippen LogP contribution in [0, 0.1) is 29.2 Å². The number of hydrogen-bond donors (Lipinski definition) is 0. The third-order valence-corrected chi connectivity index (χ3v) is 7.33. The number of hydrogen-bond acceptors (Lipinski definition) is 1. The molecule has 0 amide bonds. The van der Waals surface area contributed by atoms with Gasteiger partial charge in [-0.1, -0.05) is 88.1 Å². The summed E-state index contributed by atoms with van der Waals surface area (Å²) in [5.41, 5.74) is 2.02. The summed E-state index contributed by atoms with van der Waals surface area (Å²) in [6, 6.07) is 13.1. The zero-order valence-corrected chi connectivity index (χ0v) is 21.5. The van der Waals surface area contributed by atoms with Gasteiger partial charge >= 0.3 is 0 Å². The van der Waals surface area contributed by atoms with E-state index >= 15 is 0 Å². The fraction of sp³-hybridized carbons (Fsp3) is 0.375. The highest BCUT2D eigenvalue weighted by Crippen LogP contribution is 2.37. The normalized spacial score (nSPS) is 17.9. The Hall–Kier alpha value is -3.08. The fourth-order valence-corrected chi connectivity index (χ4v) is 4.95. The fourth-order valence-electron chi connectivity index (χ4n) is 4.95. The van der Waals surface area contributed by atoms with E-state index in [0.29, 0.717) is 23.7 Å². The van der Waals surface area contributed by atoms with Gasteiger partial charge in [0.25, 0.3) is 0 Å². The average Bonchev–Trinajstić information content (AvgIpc) is 2.91. The lowest BCUT2D eigenvalue weighted by molar-refractivity contribution is 0.286. The molecule has 3 aromatic rings. The highest BCUT2D eigenvalue weighted by Gasteiger charge is 2.24. The van der Waals surface area contributed by atoms with Gasteiger partial charge in [0.15, 0.2) is 23.2 Å². The molecule has 1 saturated carbocycles. The van der Waals surface area contributed by atoms with Crippen molar-refractivity contribution >= 4 is 12.2 Å². The smallest absolute Gasteiger partial charge is 0.201 e. The van der Waals surface area contributed by atoms with Crippen LogP contribution >= 0.6 is 0 Å². The summed E-state index contributed by atoms with van der Waals surface area (Å²) in [6.07, 6.45) is 9.83. The Kier molecular flexibility index (Phi) is 9.07. The molecule has 0 saturated heterocycles. The molecule has 0 aliphatic heterocycles. The average molecular weight is 511 g/mol. The van der Waals surface area contributed by atoms with E-state index in [1.54, 1.807) is 42.5 Å². The largest absolute Gasteiger partial charge is 0.490 e. The van der Waals surface area contributed by atoms with Gasteiger partial charge in [-0.25, -0.2) is 13.2 Å². The van der Waals surface area contributed by atoms with Crippen molar-refractivity contribution in [3.63, 3.8) is 0 Å². The van der Waals surface area contributed by atoms with Crippen LogP contribution in [-0.2, 0) is 0 Å². The van der Waals surface area contributed by atoms with Crippen LogP contribution in [-0.4, -0.2) is 6.61 Å². The van der Waals surface area contributed by atoms with Crippen molar-refractivity contribution in [1.82, 2.24) is 0 Å². The Morgan fingerprint density at radius 1 is 0.757 bits per heavy atom. The van der Waals surface area contributed by atoms with Crippen molar-refractivity contribution in [2.24, 2.45) is 5.92 Å². The minimum absolute atomic E-state index is 0.0724. The lowest BCUT2D eigenvalue weighted by atomic mass is 9.79. The second-order valence-electron chi connectivity index (χ2n) is 10.1. The molecule has 0 aromatic heterocycles. The Labute approximate surface area is 217 Å². The second-order valence-corrected chi connectivity index (χ2v) is 10.1. The quantitative estimate of drug-likeness (QED) is 0.158. The van der Waals surface area contributed by atoms with Crippen molar-refractivity contribution in [2.75, 3.05) is 6.61 Å². The number of rotatable bonds is 9. The monoisotopic (exact) mass is 510 g/mol. The minimum atomic E-state index is -0.998. The molecular formula is C32H34F4O. The maximum absolute atomic E-state index is 14.8. The van der Waals surface area contributed by atoms with Crippen molar-refractivity contribution in [3.05, 3.63) is 88.5 Å². The SMILES string of the molecule is CCCCCOc1ccc(-c2ccc(/C=C/c3ccc(C4CCC(C)CC4)c(F)c3F)cc2)c(F)c1F. The lowest BCUT2D eigenvalue weighted by Crippen LogP contribution is -2.13. The van der Waals surface area contributed by atoms with Gasteiger partial charge in [-0.15, -0.1) is 0 Å². The molecule has 0 radical (unpaired) electrons. The summed E-state index contributed by atoms with van der Waals surface area (Å²) in [5, 5.41) is 0. The third kappa shape index (κ3) is 6.44. The van der Waals surface area contributed by atoms with Gasteiger partial charge in [0, 0.05) is 11.1 Å². The summed E-state index contributed by atoms with van der Waals surface area (Å²) in [4.78, 5) is 0. The van der Waals surface area contributed by atoms with Crippen LogP contribution < -0.4 is 4.74 Å². The molecule has 1 nitrogen and oxygen atoms in total. The molecule has 196 valence electrons. The van der Waals surface area contributed by atoms with Crippen molar-refractivity contribution in [1.29, 1.82) is 0 Å². The maximum Gasteiger partial charge on any atom is 0.201 e. The topological polar surface area (TPSA) is 9.23 Å². The molecule has 0 bridgehead atoms. The Bertz CT molecular complexity index is 1220. The van der Waals surface area contributed by atoms with Gasteiger partial charge < -0.3 is 4.74 Å². The molecule has 0 N–H and O–H groups in total. The van der Waals surface area contributed by atoms with Crippen LogP contribution in [0.2, 0.25) is 0 Å². The van der Waals surface area contributed by atoms with Crippen molar-refractivity contribution < 1.29 is 22.3 Å². The first-order chi connectivity index (χ1) is 17.9. The lowest BCUT2D eigenvalue weighted by Gasteiger charge is -2.27. The van der Waals surface area contributed by atoms with Gasteiger partial charge in [-0.05, 0) is 59.9 Å². The van der Waals surface area contributed by atoms with E-state index in [-0.39, 0.29) is 22.8 Å². The predicted octanol–water partition coefficient (Wildman–Crippen LogP) is 9.94. The van der Waals surface area contributed by atoms with Crippen LogP contribution in [0.25, 0.3) is 23.3 Å². The van der Waals surface area contributed by atoms with Crippen LogP contribution in [0.3, 0.4) is 0 Å². The van der Waals surface area contributed by atoms with Gasteiger partial charge in [-0.2, -0.15) is 4.39 Å². The summed E-state index contributed by atoms with van der Waals surface area (Å²) < 4.78 is 64.2. The molecule has 0 atom stereocenters. The first-order valence-corrected chi connectivity index (χ1v) is 13.3. The van der Waals surface area contributed by atoms with E-state index in [1.165, 1.54) is 18.2 Å². The van der Waals surface area contributed by atoms with E-state index in [9.17, 15) is 17.6 Å². The molecule has 37 heavy (non-hydrogen) atoms. The Balaban J connectivity index is 1.45. The minimum Gasteiger partial charge on any atom is -0.490 e. The predicted molar refractivity (Wildman–Crippen MR) is 142 cm³/mol. The zero-order valence-electron chi connectivity index (χ0n) is 21.5. The molecule has 5 heteroatoms. The van der Waals surface area contributed by atoms with E-state index < -0.39 is 23.3 Å². The maximum atomic E-state index is 14.8. The summed E-state index contributed by atoms with van der Waals surface area (Å²) >= 11 is 0. The summed E-state index contributed by atoms with van der Waals surface area (Å²) in [6.45, 7) is 4.60. The van der Waals surface area contributed by atoms with Gasteiger partial charge in [0.2, 0.25) is 5.82 Å². The van der Waals surface area contributed by atoms with E-state index in [1.807, 2.05) is 0 Å². The molecule has 0 unspecified atom stereocenters. The van der Waals surface area contributed by atoms with Crippen LogP contribution in [0.15, 0.2) is 48.5 Å². The highest BCUT2D eigenvalue weighted by molar-refractivity contribution is 5.73. The molecule has 3 aromatic carbocycles. The summed E-state index contributed by atoms with van der Waals surface area (Å²) in [5.74, 6) is -2.92. The van der Waals surface area contributed by atoms with Gasteiger partial charge in [0.1, 0.15) is 0 Å². The van der Waals surface area contributed by atoms with E-state index in [0.717, 1.165) is 50.5 Å². The first kappa shape index (κ1) is 27.0. The van der Waals surface area contributed by atoms with Gasteiger partial charge in [0.05, 0.1) is 6.61 Å². The molecule has 1 aliphatic carbocycles.